The third-order valence-electron chi connectivity index (χ3n) is 4.96. The molecule has 0 aliphatic carbocycles. The molecule has 0 saturated carbocycles. The van der Waals surface area contributed by atoms with Crippen LogP contribution in [0.3, 0.4) is 0 Å². The number of amides is 1. The van der Waals surface area contributed by atoms with Crippen LogP contribution in [0, 0.1) is 6.92 Å². The Balaban J connectivity index is 1.79. The number of carbonyl (C=O) groups excluding carboxylic acids is 1. The number of aryl methyl sites for hydroxylation is 1. The molecule has 0 spiro atoms. The number of carbonyl (C=O) groups is 1. The first-order chi connectivity index (χ1) is 13.7. The summed E-state index contributed by atoms with van der Waals surface area (Å²) in [5.41, 5.74) is 1.31. The fourth-order valence-electron chi connectivity index (χ4n) is 3.37. The lowest BCUT2D eigenvalue weighted by Crippen LogP contribution is -2.45. The Labute approximate surface area is 180 Å². The number of nitrogens with zero attached hydrogens (tertiary/aromatic N) is 1. The maximum Gasteiger partial charge on any atom is 0.244 e. The van der Waals surface area contributed by atoms with E-state index in [2.05, 4.69) is 5.32 Å². The van der Waals surface area contributed by atoms with E-state index < -0.39 is 16.1 Å². The zero-order valence-electron chi connectivity index (χ0n) is 16.1. The fourth-order valence-corrected chi connectivity index (χ4v) is 5.74. The summed E-state index contributed by atoms with van der Waals surface area (Å²) < 4.78 is 33.0. The third kappa shape index (κ3) is 4.69. The first-order valence-electron chi connectivity index (χ1n) is 9.12. The number of benzene rings is 2. The molecule has 0 aromatic heterocycles. The molecule has 3 rings (SSSR count). The Hall–Kier alpha value is -1.80. The van der Waals surface area contributed by atoms with E-state index in [1.807, 2.05) is 0 Å². The molecule has 156 valence electrons. The lowest BCUT2D eigenvalue weighted by molar-refractivity contribution is -0.124. The first kappa shape index (κ1) is 21.9. The average molecular weight is 457 g/mol. The van der Waals surface area contributed by atoms with E-state index in [0.717, 1.165) is 0 Å². The molecule has 9 heteroatoms. The van der Waals surface area contributed by atoms with E-state index in [-0.39, 0.29) is 17.3 Å². The van der Waals surface area contributed by atoms with Gasteiger partial charge < -0.3 is 10.1 Å². The summed E-state index contributed by atoms with van der Waals surface area (Å²) in [6, 6.07) is 9.14. The van der Waals surface area contributed by atoms with Crippen LogP contribution in [0.1, 0.15) is 24.0 Å². The van der Waals surface area contributed by atoms with E-state index >= 15 is 0 Å². The van der Waals surface area contributed by atoms with Gasteiger partial charge in [0.15, 0.2) is 0 Å². The van der Waals surface area contributed by atoms with Gasteiger partial charge >= 0.3 is 0 Å². The molecule has 1 aliphatic rings. The van der Waals surface area contributed by atoms with Gasteiger partial charge in [-0.3, -0.25) is 4.79 Å². The number of sulfonamides is 1. The lowest BCUT2D eigenvalue weighted by Gasteiger charge is -2.24. The predicted octanol–water partition coefficient (Wildman–Crippen LogP) is 3.78. The molecule has 29 heavy (non-hydrogen) atoms. The van der Waals surface area contributed by atoms with Crippen molar-refractivity contribution in [1.82, 2.24) is 9.62 Å². The maximum atomic E-state index is 13.3. The van der Waals surface area contributed by atoms with Gasteiger partial charge in [0.05, 0.1) is 12.0 Å². The Morgan fingerprint density at radius 1 is 1.24 bits per heavy atom. The molecule has 1 atom stereocenters. The molecule has 0 bridgehead atoms. The Morgan fingerprint density at radius 3 is 2.69 bits per heavy atom. The molecule has 1 fully saturated rings. The first-order valence-corrected chi connectivity index (χ1v) is 11.3. The number of nitrogens with one attached hydrogen (secondary N) is 1. The molecular formula is C20H22Cl2N2O4S. The third-order valence-corrected chi connectivity index (χ3v) is 7.59. The molecule has 0 unspecified atom stereocenters. The zero-order valence-corrected chi connectivity index (χ0v) is 18.4. The summed E-state index contributed by atoms with van der Waals surface area (Å²) in [7, 11) is -2.36. The van der Waals surface area contributed by atoms with Crippen molar-refractivity contribution in [3.63, 3.8) is 0 Å². The monoisotopic (exact) mass is 456 g/mol. The highest BCUT2D eigenvalue weighted by Crippen LogP contribution is 2.30. The van der Waals surface area contributed by atoms with Gasteiger partial charge in [0, 0.05) is 29.2 Å². The summed E-state index contributed by atoms with van der Waals surface area (Å²) in [6.07, 6.45) is 1.07. The van der Waals surface area contributed by atoms with Crippen LogP contribution in [0.25, 0.3) is 0 Å². The van der Waals surface area contributed by atoms with Gasteiger partial charge in [-0.2, -0.15) is 4.31 Å². The molecule has 1 heterocycles. The molecule has 1 amide bonds. The molecule has 6 nitrogen and oxygen atoms in total. The van der Waals surface area contributed by atoms with E-state index in [1.54, 1.807) is 37.3 Å². The highest BCUT2D eigenvalue weighted by molar-refractivity contribution is 7.89. The SMILES string of the molecule is COc1ccc(C)c(S(=O)(=O)N2CCC[C@H]2C(=O)NCc2ccc(Cl)cc2Cl)c1. The van der Waals surface area contributed by atoms with Gasteiger partial charge in [0.25, 0.3) is 0 Å². The minimum Gasteiger partial charge on any atom is -0.497 e. The molecule has 2 aromatic carbocycles. The van der Waals surface area contributed by atoms with Crippen LogP contribution in [-0.4, -0.2) is 38.3 Å². The van der Waals surface area contributed by atoms with Crippen molar-refractivity contribution >= 4 is 39.1 Å². The summed E-state index contributed by atoms with van der Waals surface area (Å²) in [5.74, 6) is 0.101. The van der Waals surface area contributed by atoms with Crippen LogP contribution in [0.4, 0.5) is 0 Å². The van der Waals surface area contributed by atoms with Gasteiger partial charge in [-0.25, -0.2) is 8.42 Å². The summed E-state index contributed by atoms with van der Waals surface area (Å²) in [4.78, 5) is 12.9. The van der Waals surface area contributed by atoms with Gasteiger partial charge in [-0.15, -0.1) is 0 Å². The summed E-state index contributed by atoms with van der Waals surface area (Å²) in [6.45, 7) is 2.20. The van der Waals surface area contributed by atoms with Crippen molar-refractivity contribution in [2.45, 2.75) is 37.2 Å². The minimum absolute atomic E-state index is 0.150. The highest BCUT2D eigenvalue weighted by atomic mass is 35.5. The van der Waals surface area contributed by atoms with E-state index in [0.29, 0.717) is 46.3 Å². The van der Waals surface area contributed by atoms with Crippen molar-refractivity contribution in [2.75, 3.05) is 13.7 Å². The summed E-state index contributed by atoms with van der Waals surface area (Å²) >= 11 is 12.0. The highest BCUT2D eigenvalue weighted by Gasteiger charge is 2.40. The molecule has 1 aliphatic heterocycles. The van der Waals surface area contributed by atoms with Crippen LogP contribution < -0.4 is 10.1 Å². The lowest BCUT2D eigenvalue weighted by atomic mass is 10.2. The van der Waals surface area contributed by atoms with Crippen molar-refractivity contribution in [3.8, 4) is 5.75 Å². The number of rotatable bonds is 6. The smallest absolute Gasteiger partial charge is 0.244 e. The quantitative estimate of drug-likeness (QED) is 0.717. The second kappa shape index (κ2) is 8.92. The van der Waals surface area contributed by atoms with Gasteiger partial charge in [0.1, 0.15) is 11.8 Å². The largest absolute Gasteiger partial charge is 0.497 e. The molecule has 1 saturated heterocycles. The zero-order chi connectivity index (χ0) is 21.2. The van der Waals surface area contributed by atoms with Crippen LogP contribution in [-0.2, 0) is 21.4 Å². The number of halogens is 2. The van der Waals surface area contributed by atoms with E-state index in [9.17, 15) is 13.2 Å². The fraction of sp³-hybridized carbons (Fsp3) is 0.350. The average Bonchev–Trinajstić information content (AvgIpc) is 3.18. The number of hydrogen-bond donors (Lipinski definition) is 1. The number of ether oxygens (including phenoxy) is 1. The normalized spacial score (nSPS) is 17.3. The standard InChI is InChI=1S/C20H22Cl2N2O4S/c1-13-5-8-16(28-2)11-19(13)29(26,27)24-9-3-4-18(24)20(25)23-12-14-6-7-15(21)10-17(14)22/h5-8,10-11,18H,3-4,9,12H2,1-2H3,(H,23,25)/t18-/m0/s1. The van der Waals surface area contributed by atoms with Gasteiger partial charge in [-0.05, 0) is 49.1 Å². The van der Waals surface area contributed by atoms with Crippen molar-refractivity contribution < 1.29 is 17.9 Å². The van der Waals surface area contributed by atoms with Crippen molar-refractivity contribution in [3.05, 3.63) is 57.6 Å². The maximum absolute atomic E-state index is 13.3. The van der Waals surface area contributed by atoms with Crippen LogP contribution >= 0.6 is 23.2 Å². The predicted molar refractivity (Wildman–Crippen MR) is 113 cm³/mol. The molecular weight excluding hydrogens is 435 g/mol. The van der Waals surface area contributed by atoms with E-state index in [4.69, 9.17) is 27.9 Å². The topological polar surface area (TPSA) is 75.7 Å². The van der Waals surface area contributed by atoms with Crippen LogP contribution in [0.15, 0.2) is 41.3 Å². The summed E-state index contributed by atoms with van der Waals surface area (Å²) in [5, 5.41) is 3.75. The molecule has 0 radical (unpaired) electrons. The van der Waals surface area contributed by atoms with Crippen molar-refractivity contribution in [1.29, 1.82) is 0 Å². The number of methoxy groups -OCH3 is 1. The van der Waals surface area contributed by atoms with E-state index in [1.165, 1.54) is 17.5 Å². The molecule has 1 N–H and O–H groups in total. The minimum atomic E-state index is -3.84. The Morgan fingerprint density at radius 2 is 2.00 bits per heavy atom. The molecule has 2 aromatic rings. The van der Waals surface area contributed by atoms with Gasteiger partial charge in [0.2, 0.25) is 15.9 Å². The number of hydrogen-bond acceptors (Lipinski definition) is 4. The van der Waals surface area contributed by atoms with Crippen LogP contribution in [0.5, 0.6) is 5.75 Å². The van der Waals surface area contributed by atoms with Crippen molar-refractivity contribution in [2.24, 2.45) is 0 Å². The second-order valence-corrected chi connectivity index (χ2v) is 9.56. The Bertz CT molecular complexity index is 1030. The Kier molecular flexibility index (Phi) is 6.73. The second-order valence-electron chi connectivity index (χ2n) is 6.86. The van der Waals surface area contributed by atoms with Gasteiger partial charge in [-0.1, -0.05) is 35.3 Å². The van der Waals surface area contributed by atoms with Crippen LogP contribution in [0.2, 0.25) is 10.0 Å².